The normalized spacial score (nSPS) is 15.1. The maximum Gasteiger partial charge on any atom is 0.191 e. The number of anilines is 1. The first-order chi connectivity index (χ1) is 14.5. The summed E-state index contributed by atoms with van der Waals surface area (Å²) in [5.41, 5.74) is 5.03. The van der Waals surface area contributed by atoms with Crippen LogP contribution in [0.25, 0.3) is 0 Å². The third kappa shape index (κ3) is 5.59. The minimum atomic E-state index is 0.402. The van der Waals surface area contributed by atoms with Crippen LogP contribution in [0.15, 0.2) is 41.4 Å². The van der Waals surface area contributed by atoms with Gasteiger partial charge < -0.3 is 25.0 Å². The van der Waals surface area contributed by atoms with Crippen molar-refractivity contribution < 1.29 is 9.47 Å². The summed E-state index contributed by atoms with van der Waals surface area (Å²) in [6.07, 6.45) is 2.09. The van der Waals surface area contributed by atoms with E-state index in [-0.39, 0.29) is 0 Å². The summed E-state index contributed by atoms with van der Waals surface area (Å²) in [7, 11) is 5.20. The number of hydrogen-bond donors (Lipinski definition) is 2. The quantitative estimate of drug-likeness (QED) is 0.562. The highest BCUT2D eigenvalue weighted by molar-refractivity contribution is 5.80. The second-order valence-corrected chi connectivity index (χ2v) is 7.83. The van der Waals surface area contributed by atoms with Gasteiger partial charge >= 0.3 is 0 Å². The summed E-state index contributed by atoms with van der Waals surface area (Å²) >= 11 is 0. The van der Waals surface area contributed by atoms with Gasteiger partial charge in [0.25, 0.3) is 0 Å². The third-order valence-corrected chi connectivity index (χ3v) is 5.71. The fourth-order valence-corrected chi connectivity index (χ4v) is 3.87. The second-order valence-electron chi connectivity index (χ2n) is 7.83. The van der Waals surface area contributed by atoms with Gasteiger partial charge in [0.15, 0.2) is 5.96 Å². The molecular formula is C24H34N4O2. The Hall–Kier alpha value is -2.89. The van der Waals surface area contributed by atoms with Crippen LogP contribution < -0.4 is 25.0 Å². The van der Waals surface area contributed by atoms with Crippen LogP contribution in [0.1, 0.15) is 29.5 Å². The van der Waals surface area contributed by atoms with Crippen LogP contribution in [0.5, 0.6) is 11.5 Å². The van der Waals surface area contributed by atoms with Crippen molar-refractivity contribution in [3.8, 4) is 11.5 Å². The van der Waals surface area contributed by atoms with Gasteiger partial charge in [-0.3, -0.25) is 4.99 Å². The van der Waals surface area contributed by atoms with Gasteiger partial charge in [-0.1, -0.05) is 23.8 Å². The van der Waals surface area contributed by atoms with E-state index in [9.17, 15) is 0 Å². The molecule has 162 valence electrons. The SMILES string of the molecule is CN=C(NCc1ccc(C)cc1C)NC1CCN(c2cc(OC)cc(OC)c2)CC1. The van der Waals surface area contributed by atoms with E-state index in [0.717, 1.165) is 55.6 Å². The molecule has 1 saturated heterocycles. The van der Waals surface area contributed by atoms with E-state index in [1.54, 1.807) is 14.2 Å². The van der Waals surface area contributed by atoms with Gasteiger partial charge in [0, 0.05) is 56.6 Å². The maximum absolute atomic E-state index is 5.41. The minimum absolute atomic E-state index is 0.402. The molecule has 0 aromatic heterocycles. The zero-order valence-electron chi connectivity index (χ0n) is 18.8. The average molecular weight is 411 g/mol. The van der Waals surface area contributed by atoms with Crippen LogP contribution in [-0.2, 0) is 6.54 Å². The highest BCUT2D eigenvalue weighted by Crippen LogP contribution is 2.30. The Kier molecular flexibility index (Phi) is 7.44. The number of aryl methyl sites for hydroxylation is 2. The lowest BCUT2D eigenvalue weighted by atomic mass is 10.0. The predicted octanol–water partition coefficient (Wildman–Crippen LogP) is 3.65. The summed E-state index contributed by atoms with van der Waals surface area (Å²) in [4.78, 5) is 6.80. The Labute approximate surface area is 180 Å². The Morgan fingerprint density at radius 1 is 1.03 bits per heavy atom. The van der Waals surface area contributed by atoms with Crippen molar-refractivity contribution >= 4 is 11.6 Å². The first-order valence-electron chi connectivity index (χ1n) is 10.5. The molecular weight excluding hydrogens is 376 g/mol. The molecule has 30 heavy (non-hydrogen) atoms. The third-order valence-electron chi connectivity index (χ3n) is 5.71. The van der Waals surface area contributed by atoms with E-state index in [1.165, 1.54) is 16.7 Å². The van der Waals surface area contributed by atoms with E-state index in [4.69, 9.17) is 9.47 Å². The molecule has 0 radical (unpaired) electrons. The number of benzene rings is 2. The minimum Gasteiger partial charge on any atom is -0.497 e. The Bertz CT molecular complexity index is 851. The molecule has 1 fully saturated rings. The van der Waals surface area contributed by atoms with Crippen molar-refractivity contribution in [1.29, 1.82) is 0 Å². The molecule has 2 N–H and O–H groups in total. The molecule has 0 amide bonds. The van der Waals surface area contributed by atoms with Crippen molar-refractivity contribution in [3.63, 3.8) is 0 Å². The van der Waals surface area contributed by atoms with Crippen molar-refractivity contribution in [2.45, 2.75) is 39.3 Å². The van der Waals surface area contributed by atoms with Crippen LogP contribution in [0.2, 0.25) is 0 Å². The summed E-state index contributed by atoms with van der Waals surface area (Å²) in [6.45, 7) is 7.00. The lowest BCUT2D eigenvalue weighted by molar-refractivity contribution is 0.393. The van der Waals surface area contributed by atoms with Gasteiger partial charge in [-0.15, -0.1) is 0 Å². The first kappa shape index (κ1) is 21.8. The number of guanidine groups is 1. The Morgan fingerprint density at radius 3 is 2.27 bits per heavy atom. The lowest BCUT2D eigenvalue weighted by Crippen LogP contribution is -2.48. The molecule has 0 aliphatic carbocycles. The number of hydrogen-bond acceptors (Lipinski definition) is 4. The maximum atomic E-state index is 5.41. The summed E-state index contributed by atoms with van der Waals surface area (Å²) in [5.74, 6) is 2.50. The van der Waals surface area contributed by atoms with Crippen molar-refractivity contribution in [2.75, 3.05) is 39.3 Å². The molecule has 2 aromatic rings. The number of nitrogens with one attached hydrogen (secondary N) is 2. The van der Waals surface area contributed by atoms with Gasteiger partial charge in [-0.05, 0) is 37.8 Å². The summed E-state index contributed by atoms with van der Waals surface area (Å²) in [5, 5.41) is 7.05. The number of piperidine rings is 1. The molecule has 0 spiro atoms. The number of aliphatic imine (C=N–C) groups is 1. The molecule has 0 saturated carbocycles. The second kappa shape index (κ2) is 10.2. The van der Waals surface area contributed by atoms with E-state index >= 15 is 0 Å². The van der Waals surface area contributed by atoms with Gasteiger partial charge in [0.1, 0.15) is 11.5 Å². The molecule has 3 rings (SSSR count). The summed E-state index contributed by atoms with van der Waals surface area (Å²) in [6, 6.07) is 13.0. The molecule has 0 bridgehead atoms. The van der Waals surface area contributed by atoms with Crippen LogP contribution in [0.4, 0.5) is 5.69 Å². The van der Waals surface area contributed by atoms with E-state index in [0.29, 0.717) is 6.04 Å². The van der Waals surface area contributed by atoms with Crippen molar-refractivity contribution in [2.24, 2.45) is 4.99 Å². The van der Waals surface area contributed by atoms with E-state index in [1.807, 2.05) is 13.1 Å². The topological polar surface area (TPSA) is 58.1 Å². The molecule has 6 heteroatoms. The van der Waals surface area contributed by atoms with Crippen LogP contribution in [0.3, 0.4) is 0 Å². The number of rotatable bonds is 6. The monoisotopic (exact) mass is 410 g/mol. The standard InChI is InChI=1S/C24H34N4O2/c1-17-6-7-19(18(2)12-17)16-26-24(25-3)27-20-8-10-28(11-9-20)21-13-22(29-4)15-23(14-21)30-5/h6-7,12-15,20H,8-11,16H2,1-5H3,(H2,25,26,27). The fourth-order valence-electron chi connectivity index (χ4n) is 3.87. The lowest BCUT2D eigenvalue weighted by Gasteiger charge is -2.34. The molecule has 1 heterocycles. The largest absolute Gasteiger partial charge is 0.497 e. The van der Waals surface area contributed by atoms with Gasteiger partial charge in [0.05, 0.1) is 14.2 Å². The predicted molar refractivity (Wildman–Crippen MR) is 124 cm³/mol. The number of nitrogens with zero attached hydrogens (tertiary/aromatic N) is 2. The van der Waals surface area contributed by atoms with E-state index in [2.05, 4.69) is 64.7 Å². The fraction of sp³-hybridized carbons (Fsp3) is 0.458. The molecule has 1 aliphatic heterocycles. The first-order valence-corrected chi connectivity index (χ1v) is 10.5. The van der Waals surface area contributed by atoms with Gasteiger partial charge in [-0.25, -0.2) is 0 Å². The smallest absolute Gasteiger partial charge is 0.191 e. The van der Waals surface area contributed by atoms with E-state index < -0.39 is 0 Å². The molecule has 0 atom stereocenters. The van der Waals surface area contributed by atoms with Gasteiger partial charge in [-0.2, -0.15) is 0 Å². The highest BCUT2D eigenvalue weighted by atomic mass is 16.5. The zero-order valence-corrected chi connectivity index (χ0v) is 18.8. The van der Waals surface area contributed by atoms with Gasteiger partial charge in [0.2, 0.25) is 0 Å². The highest BCUT2D eigenvalue weighted by Gasteiger charge is 2.21. The summed E-state index contributed by atoms with van der Waals surface area (Å²) < 4.78 is 10.8. The Balaban J connectivity index is 1.53. The number of ether oxygens (including phenoxy) is 2. The van der Waals surface area contributed by atoms with Crippen molar-refractivity contribution in [3.05, 3.63) is 53.1 Å². The van der Waals surface area contributed by atoms with Crippen LogP contribution >= 0.6 is 0 Å². The molecule has 2 aromatic carbocycles. The molecule has 1 aliphatic rings. The van der Waals surface area contributed by atoms with Crippen LogP contribution in [0, 0.1) is 13.8 Å². The zero-order chi connectivity index (χ0) is 21.5. The number of methoxy groups -OCH3 is 2. The Morgan fingerprint density at radius 2 is 1.70 bits per heavy atom. The van der Waals surface area contributed by atoms with Crippen LogP contribution in [-0.4, -0.2) is 46.4 Å². The molecule has 0 unspecified atom stereocenters. The van der Waals surface area contributed by atoms with Crippen molar-refractivity contribution in [1.82, 2.24) is 10.6 Å². The molecule has 6 nitrogen and oxygen atoms in total. The average Bonchev–Trinajstić information content (AvgIpc) is 2.77.